The summed E-state index contributed by atoms with van der Waals surface area (Å²) in [5, 5.41) is 4.35. The molecule has 0 amide bonds. The molecule has 0 bridgehead atoms. The topological polar surface area (TPSA) is 24.3 Å². The molecule has 5 heteroatoms. The molecule has 1 atom stereocenters. The summed E-state index contributed by atoms with van der Waals surface area (Å²) in [6, 6.07) is 7.49. The van der Waals surface area contributed by atoms with Gasteiger partial charge in [-0.05, 0) is 57.5 Å². The molecule has 3 heterocycles. The van der Waals surface area contributed by atoms with Crippen LogP contribution in [0.3, 0.4) is 0 Å². The number of nitrogens with zero attached hydrogens (tertiary/aromatic N) is 4. The molecule has 24 heavy (non-hydrogen) atoms. The number of aromatic nitrogens is 2. The molecule has 4 rings (SSSR count). The number of likely N-dealkylation sites (tertiary alicyclic amines) is 2. The molecule has 4 nitrogen and oxygen atoms in total. The second-order valence-corrected chi connectivity index (χ2v) is 7.02. The van der Waals surface area contributed by atoms with Gasteiger partial charge in [-0.15, -0.1) is 0 Å². The van der Waals surface area contributed by atoms with E-state index in [2.05, 4.69) is 14.9 Å². The van der Waals surface area contributed by atoms with E-state index in [9.17, 15) is 4.39 Å². The van der Waals surface area contributed by atoms with Gasteiger partial charge in [-0.2, -0.15) is 5.10 Å². The molecule has 0 N–H and O–H groups in total. The van der Waals surface area contributed by atoms with Gasteiger partial charge in [0.15, 0.2) is 0 Å². The van der Waals surface area contributed by atoms with Gasteiger partial charge < -0.3 is 0 Å². The van der Waals surface area contributed by atoms with Crippen molar-refractivity contribution in [2.24, 2.45) is 0 Å². The van der Waals surface area contributed by atoms with E-state index < -0.39 is 0 Å². The summed E-state index contributed by atoms with van der Waals surface area (Å²) in [7, 11) is 0. The number of hydrogen-bond donors (Lipinski definition) is 0. The maximum absolute atomic E-state index is 13.9. The summed E-state index contributed by atoms with van der Waals surface area (Å²) in [6.45, 7) is 5.73. The first-order chi connectivity index (χ1) is 11.8. The number of piperidine rings is 1. The molecular formula is C19H25FN4. The van der Waals surface area contributed by atoms with E-state index in [0.717, 1.165) is 25.2 Å². The first kappa shape index (κ1) is 15.8. The minimum Gasteiger partial charge on any atom is -0.299 e. The fraction of sp³-hybridized carbons (Fsp3) is 0.526. The van der Waals surface area contributed by atoms with Gasteiger partial charge >= 0.3 is 0 Å². The fourth-order valence-corrected chi connectivity index (χ4v) is 4.05. The smallest absolute Gasteiger partial charge is 0.148 e. The SMILES string of the molecule is Fc1ccccc1-n1cc(CN2CCCC(N3CCCC3)C2)cn1. The second-order valence-electron chi connectivity index (χ2n) is 7.02. The van der Waals surface area contributed by atoms with Gasteiger partial charge in [-0.25, -0.2) is 9.07 Å². The zero-order valence-corrected chi connectivity index (χ0v) is 14.1. The van der Waals surface area contributed by atoms with Crippen LogP contribution in [0.1, 0.15) is 31.2 Å². The first-order valence-electron chi connectivity index (χ1n) is 9.04. The molecule has 2 aliphatic heterocycles. The van der Waals surface area contributed by atoms with Crippen LogP contribution in [-0.2, 0) is 6.54 Å². The van der Waals surface area contributed by atoms with E-state index >= 15 is 0 Å². The average Bonchev–Trinajstić information content (AvgIpc) is 3.27. The normalized spacial score (nSPS) is 23.0. The van der Waals surface area contributed by atoms with Crippen molar-refractivity contribution in [1.29, 1.82) is 0 Å². The van der Waals surface area contributed by atoms with Gasteiger partial charge in [-0.1, -0.05) is 12.1 Å². The average molecular weight is 328 g/mol. The standard InChI is InChI=1S/C19H25FN4/c20-18-7-1-2-8-19(18)24-14-16(12-21-24)13-22-9-5-6-17(15-22)23-10-3-4-11-23/h1-2,7-8,12,14,17H,3-6,9-11,13,15H2. The quantitative estimate of drug-likeness (QED) is 0.862. The van der Waals surface area contributed by atoms with Crippen LogP contribution in [0.25, 0.3) is 5.69 Å². The van der Waals surface area contributed by atoms with E-state index in [4.69, 9.17) is 0 Å². The van der Waals surface area contributed by atoms with Gasteiger partial charge in [0.2, 0.25) is 0 Å². The number of hydrogen-bond acceptors (Lipinski definition) is 3. The molecule has 1 aromatic heterocycles. The predicted octanol–water partition coefficient (Wildman–Crippen LogP) is 3.07. The van der Waals surface area contributed by atoms with Crippen molar-refractivity contribution in [3.8, 4) is 5.69 Å². The van der Waals surface area contributed by atoms with E-state index in [-0.39, 0.29) is 5.82 Å². The molecule has 0 radical (unpaired) electrons. The third-order valence-electron chi connectivity index (χ3n) is 5.28. The van der Waals surface area contributed by atoms with Gasteiger partial charge in [-0.3, -0.25) is 9.80 Å². The molecule has 2 aromatic rings. The largest absolute Gasteiger partial charge is 0.299 e. The van der Waals surface area contributed by atoms with Crippen LogP contribution in [0.5, 0.6) is 0 Å². The molecule has 2 aliphatic rings. The Bertz CT molecular complexity index is 678. The lowest BCUT2D eigenvalue weighted by atomic mass is 10.0. The Morgan fingerprint density at radius 2 is 1.92 bits per heavy atom. The predicted molar refractivity (Wildman–Crippen MR) is 92.6 cm³/mol. The lowest BCUT2D eigenvalue weighted by molar-refractivity contribution is 0.110. The highest BCUT2D eigenvalue weighted by atomic mass is 19.1. The molecule has 0 aliphatic carbocycles. The Balaban J connectivity index is 1.41. The Labute approximate surface area is 142 Å². The summed E-state index contributed by atoms with van der Waals surface area (Å²) in [6.07, 6.45) is 9.12. The molecule has 2 fully saturated rings. The van der Waals surface area contributed by atoms with E-state index in [1.54, 1.807) is 16.8 Å². The summed E-state index contributed by atoms with van der Waals surface area (Å²) >= 11 is 0. The lowest BCUT2D eigenvalue weighted by Gasteiger charge is -2.37. The number of para-hydroxylation sites is 1. The van der Waals surface area contributed by atoms with Gasteiger partial charge in [0.05, 0.1) is 6.20 Å². The highest BCUT2D eigenvalue weighted by molar-refractivity contribution is 5.32. The van der Waals surface area contributed by atoms with Crippen LogP contribution in [-0.4, -0.2) is 51.8 Å². The summed E-state index contributed by atoms with van der Waals surface area (Å²) < 4.78 is 15.5. The highest BCUT2D eigenvalue weighted by Gasteiger charge is 2.27. The van der Waals surface area contributed by atoms with Crippen molar-refractivity contribution in [2.45, 2.75) is 38.3 Å². The van der Waals surface area contributed by atoms with Crippen molar-refractivity contribution in [2.75, 3.05) is 26.2 Å². The minimum atomic E-state index is -0.237. The maximum Gasteiger partial charge on any atom is 0.148 e. The summed E-state index contributed by atoms with van der Waals surface area (Å²) in [5.74, 6) is -0.237. The highest BCUT2D eigenvalue weighted by Crippen LogP contribution is 2.22. The van der Waals surface area contributed by atoms with Gasteiger partial charge in [0.1, 0.15) is 11.5 Å². The molecule has 2 saturated heterocycles. The Morgan fingerprint density at radius 3 is 2.75 bits per heavy atom. The second kappa shape index (κ2) is 7.03. The van der Waals surface area contributed by atoms with Crippen LogP contribution in [0.4, 0.5) is 4.39 Å². The van der Waals surface area contributed by atoms with Crippen molar-refractivity contribution >= 4 is 0 Å². The Morgan fingerprint density at radius 1 is 1.08 bits per heavy atom. The van der Waals surface area contributed by atoms with Crippen LogP contribution < -0.4 is 0 Å². The molecule has 1 unspecified atom stereocenters. The van der Waals surface area contributed by atoms with Crippen molar-refractivity contribution in [1.82, 2.24) is 19.6 Å². The third-order valence-corrected chi connectivity index (χ3v) is 5.28. The monoisotopic (exact) mass is 328 g/mol. The molecule has 0 saturated carbocycles. The van der Waals surface area contributed by atoms with Gasteiger partial charge in [0.25, 0.3) is 0 Å². The van der Waals surface area contributed by atoms with E-state index in [1.807, 2.05) is 18.5 Å². The van der Waals surface area contributed by atoms with Gasteiger partial charge in [0, 0.05) is 30.9 Å². The number of halogens is 1. The zero-order valence-electron chi connectivity index (χ0n) is 14.1. The van der Waals surface area contributed by atoms with Crippen LogP contribution in [0, 0.1) is 5.82 Å². The molecule has 1 aromatic carbocycles. The van der Waals surface area contributed by atoms with Crippen LogP contribution in [0.15, 0.2) is 36.7 Å². The fourth-order valence-electron chi connectivity index (χ4n) is 4.05. The van der Waals surface area contributed by atoms with Crippen molar-refractivity contribution < 1.29 is 4.39 Å². The van der Waals surface area contributed by atoms with E-state index in [0.29, 0.717) is 11.7 Å². The molecule has 0 spiro atoms. The van der Waals surface area contributed by atoms with Crippen molar-refractivity contribution in [3.63, 3.8) is 0 Å². The van der Waals surface area contributed by atoms with Crippen molar-refractivity contribution in [3.05, 3.63) is 48.0 Å². The number of benzene rings is 1. The lowest BCUT2D eigenvalue weighted by Crippen LogP contribution is -2.46. The zero-order chi connectivity index (χ0) is 16.4. The third kappa shape index (κ3) is 3.37. The summed E-state index contributed by atoms with van der Waals surface area (Å²) in [4.78, 5) is 5.18. The Hall–Kier alpha value is -1.72. The van der Waals surface area contributed by atoms with E-state index in [1.165, 1.54) is 44.8 Å². The summed E-state index contributed by atoms with van der Waals surface area (Å²) in [5.41, 5.74) is 1.66. The Kier molecular flexibility index (Phi) is 4.63. The number of rotatable bonds is 4. The molecule has 128 valence electrons. The first-order valence-corrected chi connectivity index (χ1v) is 9.04. The maximum atomic E-state index is 13.9. The molecular weight excluding hydrogens is 303 g/mol. The van der Waals surface area contributed by atoms with Crippen LogP contribution >= 0.6 is 0 Å². The minimum absolute atomic E-state index is 0.237. The van der Waals surface area contributed by atoms with Crippen LogP contribution in [0.2, 0.25) is 0 Å².